The number of hydrogen-bond acceptors (Lipinski definition) is 4. The van der Waals surface area contributed by atoms with Crippen LogP contribution in [-0.2, 0) is 0 Å². The number of fused-ring (bicyclic) bond motifs is 1. The number of rotatable bonds is 2. The van der Waals surface area contributed by atoms with Crippen LogP contribution in [-0.4, -0.2) is 14.7 Å². The Labute approximate surface area is 133 Å². The van der Waals surface area contributed by atoms with E-state index in [0.717, 1.165) is 18.4 Å². The molecule has 1 fully saturated rings. The molecular formula is C18H19N3O2. The van der Waals surface area contributed by atoms with Gasteiger partial charge in [0, 0.05) is 11.6 Å². The molecule has 0 atom stereocenters. The van der Waals surface area contributed by atoms with E-state index in [1.165, 1.54) is 25.7 Å². The molecule has 5 heteroatoms. The van der Waals surface area contributed by atoms with Gasteiger partial charge in [-0.3, -0.25) is 9.36 Å². The van der Waals surface area contributed by atoms with Crippen LogP contribution in [0.2, 0.25) is 0 Å². The Morgan fingerprint density at radius 3 is 2.52 bits per heavy atom. The van der Waals surface area contributed by atoms with Gasteiger partial charge < -0.3 is 4.52 Å². The summed E-state index contributed by atoms with van der Waals surface area (Å²) in [6.07, 6.45) is 8.58. The molecule has 0 unspecified atom stereocenters. The molecule has 1 aliphatic carbocycles. The lowest BCUT2D eigenvalue weighted by Gasteiger charge is -2.16. The highest BCUT2D eigenvalue weighted by atomic mass is 16.5. The minimum atomic E-state index is -0.114. The highest BCUT2D eigenvalue weighted by molar-refractivity contribution is 5.87. The largest absolute Gasteiger partial charge is 0.348 e. The molecule has 0 spiro atoms. The minimum Gasteiger partial charge on any atom is -0.348 e. The molecule has 0 saturated heterocycles. The van der Waals surface area contributed by atoms with Gasteiger partial charge in [0.05, 0.1) is 6.33 Å². The van der Waals surface area contributed by atoms with Crippen molar-refractivity contribution in [3.63, 3.8) is 0 Å². The minimum absolute atomic E-state index is 0.114. The fourth-order valence-corrected chi connectivity index (χ4v) is 3.42. The molecule has 23 heavy (non-hydrogen) atoms. The smallest absolute Gasteiger partial charge is 0.300 e. The van der Waals surface area contributed by atoms with Crippen molar-refractivity contribution >= 4 is 11.1 Å². The van der Waals surface area contributed by atoms with Gasteiger partial charge in [-0.2, -0.15) is 0 Å². The van der Waals surface area contributed by atoms with Crippen molar-refractivity contribution in [3.8, 4) is 11.3 Å². The van der Waals surface area contributed by atoms with Crippen LogP contribution in [0.3, 0.4) is 0 Å². The van der Waals surface area contributed by atoms with Gasteiger partial charge in [0.25, 0.3) is 11.1 Å². The Bertz CT molecular complexity index is 859. The number of aromatic nitrogens is 3. The van der Waals surface area contributed by atoms with E-state index in [9.17, 15) is 4.79 Å². The van der Waals surface area contributed by atoms with Crippen molar-refractivity contribution in [1.29, 1.82) is 0 Å². The Morgan fingerprint density at radius 2 is 1.78 bits per heavy atom. The average Bonchev–Trinajstić information content (AvgIpc) is 2.84. The van der Waals surface area contributed by atoms with Gasteiger partial charge in [-0.05, 0) is 12.8 Å². The molecule has 1 aromatic carbocycles. The van der Waals surface area contributed by atoms with Crippen molar-refractivity contribution in [3.05, 3.63) is 47.0 Å². The van der Waals surface area contributed by atoms with Crippen molar-refractivity contribution < 1.29 is 4.52 Å². The molecule has 0 aliphatic heterocycles. The van der Waals surface area contributed by atoms with E-state index in [1.807, 2.05) is 30.3 Å². The first-order valence-corrected chi connectivity index (χ1v) is 8.26. The highest BCUT2D eigenvalue weighted by Crippen LogP contribution is 2.28. The quantitative estimate of drug-likeness (QED) is 0.673. The summed E-state index contributed by atoms with van der Waals surface area (Å²) in [6.45, 7) is 0. The standard InChI is InChI=1S/C18H19N3O2/c22-18-17-16(15(20-23-17)13-8-4-3-5-9-13)19-12-21(18)14-10-6-1-2-7-11-14/h3-5,8-9,12,14H,1-2,6-7,10-11H2. The van der Waals surface area contributed by atoms with E-state index in [0.29, 0.717) is 11.2 Å². The van der Waals surface area contributed by atoms with Crippen LogP contribution < -0.4 is 5.56 Å². The first-order chi connectivity index (χ1) is 11.3. The molecule has 1 aliphatic rings. The van der Waals surface area contributed by atoms with E-state index >= 15 is 0 Å². The van der Waals surface area contributed by atoms with Crippen LogP contribution >= 0.6 is 0 Å². The topological polar surface area (TPSA) is 60.9 Å². The summed E-state index contributed by atoms with van der Waals surface area (Å²) in [6, 6.07) is 9.92. The van der Waals surface area contributed by atoms with Gasteiger partial charge in [-0.15, -0.1) is 0 Å². The predicted octanol–water partition coefficient (Wildman–Crippen LogP) is 3.95. The maximum absolute atomic E-state index is 12.8. The van der Waals surface area contributed by atoms with E-state index in [1.54, 1.807) is 10.9 Å². The molecule has 0 N–H and O–H groups in total. The fourth-order valence-electron chi connectivity index (χ4n) is 3.42. The monoisotopic (exact) mass is 309 g/mol. The van der Waals surface area contributed by atoms with Crippen LogP contribution in [0.4, 0.5) is 0 Å². The van der Waals surface area contributed by atoms with Crippen LogP contribution in [0.15, 0.2) is 46.0 Å². The maximum Gasteiger partial charge on any atom is 0.300 e. The summed E-state index contributed by atoms with van der Waals surface area (Å²) in [7, 11) is 0. The van der Waals surface area contributed by atoms with Crippen LogP contribution in [0.25, 0.3) is 22.4 Å². The molecule has 1 saturated carbocycles. The summed E-state index contributed by atoms with van der Waals surface area (Å²) in [5.41, 5.74) is 2.23. The third-order valence-corrected chi connectivity index (χ3v) is 4.67. The van der Waals surface area contributed by atoms with E-state index in [-0.39, 0.29) is 17.2 Å². The molecule has 5 nitrogen and oxygen atoms in total. The van der Waals surface area contributed by atoms with Gasteiger partial charge in [-0.1, -0.05) is 61.2 Å². The van der Waals surface area contributed by atoms with Crippen molar-refractivity contribution in [2.45, 2.75) is 44.6 Å². The second-order valence-corrected chi connectivity index (χ2v) is 6.18. The Kier molecular flexibility index (Phi) is 3.69. The third kappa shape index (κ3) is 2.56. The van der Waals surface area contributed by atoms with Gasteiger partial charge in [0.2, 0.25) is 0 Å². The number of benzene rings is 1. The fraction of sp³-hybridized carbons (Fsp3) is 0.389. The zero-order chi connectivity index (χ0) is 15.6. The van der Waals surface area contributed by atoms with Crippen molar-refractivity contribution in [2.24, 2.45) is 0 Å². The lowest BCUT2D eigenvalue weighted by Crippen LogP contribution is -2.24. The second kappa shape index (κ2) is 5.99. The molecule has 2 heterocycles. The molecule has 118 valence electrons. The highest BCUT2D eigenvalue weighted by Gasteiger charge is 2.20. The van der Waals surface area contributed by atoms with Crippen molar-refractivity contribution in [2.75, 3.05) is 0 Å². The van der Waals surface area contributed by atoms with Crippen molar-refractivity contribution in [1.82, 2.24) is 14.7 Å². The lowest BCUT2D eigenvalue weighted by atomic mass is 10.1. The molecule has 4 rings (SSSR count). The second-order valence-electron chi connectivity index (χ2n) is 6.18. The van der Waals surface area contributed by atoms with E-state index in [4.69, 9.17) is 4.52 Å². The Balaban J connectivity index is 1.79. The average molecular weight is 309 g/mol. The summed E-state index contributed by atoms with van der Waals surface area (Å²) < 4.78 is 7.09. The molecule has 2 aromatic heterocycles. The van der Waals surface area contributed by atoms with Crippen LogP contribution in [0, 0.1) is 0 Å². The summed E-state index contributed by atoms with van der Waals surface area (Å²) in [5, 5.41) is 4.08. The molecular weight excluding hydrogens is 290 g/mol. The molecule has 0 radical (unpaired) electrons. The lowest BCUT2D eigenvalue weighted by molar-refractivity contribution is 0.415. The molecule has 0 amide bonds. The maximum atomic E-state index is 12.8. The van der Waals surface area contributed by atoms with E-state index in [2.05, 4.69) is 10.1 Å². The van der Waals surface area contributed by atoms with Crippen LogP contribution in [0.1, 0.15) is 44.6 Å². The normalized spacial score (nSPS) is 16.5. The van der Waals surface area contributed by atoms with Gasteiger partial charge in [-0.25, -0.2) is 4.98 Å². The zero-order valence-electron chi connectivity index (χ0n) is 12.9. The summed E-state index contributed by atoms with van der Waals surface area (Å²) >= 11 is 0. The first-order valence-electron chi connectivity index (χ1n) is 8.26. The van der Waals surface area contributed by atoms with Gasteiger partial charge >= 0.3 is 0 Å². The Morgan fingerprint density at radius 1 is 1.04 bits per heavy atom. The predicted molar refractivity (Wildman–Crippen MR) is 88.2 cm³/mol. The molecule has 0 bridgehead atoms. The van der Waals surface area contributed by atoms with Crippen LogP contribution in [0.5, 0.6) is 0 Å². The summed E-state index contributed by atoms with van der Waals surface area (Å²) in [5.74, 6) is 0. The number of hydrogen-bond donors (Lipinski definition) is 0. The third-order valence-electron chi connectivity index (χ3n) is 4.67. The SMILES string of the molecule is O=c1c2onc(-c3ccccc3)c2ncn1C1CCCCCC1. The zero-order valence-corrected chi connectivity index (χ0v) is 12.9. The first kappa shape index (κ1) is 14.2. The van der Waals surface area contributed by atoms with Gasteiger partial charge in [0.15, 0.2) is 0 Å². The van der Waals surface area contributed by atoms with E-state index < -0.39 is 0 Å². The molecule has 3 aromatic rings. The summed E-state index contributed by atoms with van der Waals surface area (Å²) in [4.78, 5) is 17.3. The number of nitrogens with zero attached hydrogens (tertiary/aromatic N) is 3. The van der Waals surface area contributed by atoms with Gasteiger partial charge in [0.1, 0.15) is 11.2 Å². The Hall–Kier alpha value is -2.43.